The minimum Gasteiger partial charge on any atom is -0.477 e. The molecular formula is C21H25ClN8O3. The third-order valence-corrected chi connectivity index (χ3v) is 5.92. The minimum absolute atomic E-state index is 0.161. The van der Waals surface area contributed by atoms with Gasteiger partial charge in [-0.3, -0.25) is 9.48 Å². The maximum Gasteiger partial charge on any atom is 0.245 e. The molecule has 1 unspecified atom stereocenters. The Morgan fingerprint density at radius 3 is 2.97 bits per heavy atom. The van der Waals surface area contributed by atoms with Gasteiger partial charge in [0.05, 0.1) is 35.0 Å². The van der Waals surface area contributed by atoms with Gasteiger partial charge in [0.2, 0.25) is 17.7 Å². The zero-order valence-corrected chi connectivity index (χ0v) is 19.0. The van der Waals surface area contributed by atoms with Crippen LogP contribution in [-0.4, -0.2) is 72.2 Å². The van der Waals surface area contributed by atoms with Gasteiger partial charge >= 0.3 is 0 Å². The number of anilines is 2. The summed E-state index contributed by atoms with van der Waals surface area (Å²) in [5.41, 5.74) is 1.37. The molecule has 0 bridgehead atoms. The normalized spacial score (nSPS) is 19.0. The molecule has 1 amide bonds. The Morgan fingerprint density at radius 2 is 2.30 bits per heavy atom. The lowest BCUT2D eigenvalue weighted by Gasteiger charge is -2.21. The summed E-state index contributed by atoms with van der Waals surface area (Å²) in [6.07, 6.45) is 5.36. The SMILES string of the molecule is C=CC(=O)N1CC(C(=N)[C@H](C)O)[C@@H](COc2nc(Nc3cnn(C)c3)nc3[nH]cc(Cl)c23)C1. The van der Waals surface area contributed by atoms with Crippen LogP contribution < -0.4 is 10.1 Å². The van der Waals surface area contributed by atoms with Gasteiger partial charge in [0.1, 0.15) is 5.65 Å². The van der Waals surface area contributed by atoms with Gasteiger partial charge in [-0.2, -0.15) is 15.1 Å². The first-order valence-corrected chi connectivity index (χ1v) is 10.8. The molecule has 1 aliphatic heterocycles. The number of nitrogens with zero attached hydrogens (tertiary/aromatic N) is 5. The maximum absolute atomic E-state index is 12.2. The van der Waals surface area contributed by atoms with Crippen molar-refractivity contribution in [2.24, 2.45) is 18.9 Å². The fourth-order valence-electron chi connectivity index (χ4n) is 3.94. The van der Waals surface area contributed by atoms with E-state index in [-0.39, 0.29) is 35.9 Å². The Hall–Kier alpha value is -3.44. The third-order valence-electron chi connectivity index (χ3n) is 5.62. The second-order valence-electron chi connectivity index (χ2n) is 8.00. The van der Waals surface area contributed by atoms with Crippen molar-refractivity contribution in [3.63, 3.8) is 0 Å². The molecule has 0 aliphatic carbocycles. The Bertz CT molecular complexity index is 1200. The molecule has 4 N–H and O–H groups in total. The number of halogens is 1. The average Bonchev–Trinajstić information content (AvgIpc) is 3.50. The average molecular weight is 473 g/mol. The number of likely N-dealkylation sites (tertiary alicyclic amines) is 1. The maximum atomic E-state index is 12.2. The summed E-state index contributed by atoms with van der Waals surface area (Å²) in [5, 5.41) is 26.4. The van der Waals surface area contributed by atoms with Crippen molar-refractivity contribution in [1.29, 1.82) is 5.41 Å². The fourth-order valence-corrected chi connectivity index (χ4v) is 4.16. The lowest BCUT2D eigenvalue weighted by Crippen LogP contribution is -2.33. The number of hydrogen-bond acceptors (Lipinski definition) is 8. The van der Waals surface area contributed by atoms with E-state index in [1.54, 1.807) is 42.1 Å². The molecule has 0 spiro atoms. The molecule has 1 aliphatic rings. The lowest BCUT2D eigenvalue weighted by atomic mass is 9.89. The predicted octanol–water partition coefficient (Wildman–Crippen LogP) is 2.13. The van der Waals surface area contributed by atoms with Crippen LogP contribution in [0.2, 0.25) is 5.02 Å². The van der Waals surface area contributed by atoms with Crippen molar-refractivity contribution in [2.45, 2.75) is 13.0 Å². The first-order valence-electron chi connectivity index (χ1n) is 10.4. The molecule has 3 aromatic rings. The molecule has 12 heteroatoms. The van der Waals surface area contributed by atoms with Crippen molar-refractivity contribution in [3.8, 4) is 5.88 Å². The van der Waals surface area contributed by atoms with E-state index in [1.165, 1.54) is 6.08 Å². The highest BCUT2D eigenvalue weighted by atomic mass is 35.5. The van der Waals surface area contributed by atoms with Gasteiger partial charge in [0.15, 0.2) is 0 Å². The van der Waals surface area contributed by atoms with Gasteiger partial charge in [-0.1, -0.05) is 18.2 Å². The molecule has 1 saturated heterocycles. The molecule has 3 aromatic heterocycles. The molecule has 1 fully saturated rings. The molecule has 11 nitrogen and oxygen atoms in total. The summed E-state index contributed by atoms with van der Waals surface area (Å²) in [5.74, 6) is -0.211. The zero-order chi connectivity index (χ0) is 23.7. The molecular weight excluding hydrogens is 448 g/mol. The number of aliphatic hydroxyl groups excluding tert-OH is 1. The first-order chi connectivity index (χ1) is 15.8. The van der Waals surface area contributed by atoms with Crippen molar-refractivity contribution in [3.05, 3.63) is 36.3 Å². The van der Waals surface area contributed by atoms with Crippen LogP contribution in [0, 0.1) is 17.2 Å². The number of aryl methyl sites for hydroxylation is 1. The van der Waals surface area contributed by atoms with Crippen molar-refractivity contribution < 1.29 is 14.6 Å². The number of carbonyl (C=O) groups excluding carboxylic acids is 1. The topological polar surface area (TPSA) is 145 Å². The number of nitrogens with one attached hydrogen (secondary N) is 3. The molecule has 3 atom stereocenters. The first kappa shape index (κ1) is 22.7. The number of amides is 1. The lowest BCUT2D eigenvalue weighted by molar-refractivity contribution is -0.125. The molecule has 0 aromatic carbocycles. The second-order valence-corrected chi connectivity index (χ2v) is 8.40. The van der Waals surface area contributed by atoms with E-state index in [0.29, 0.717) is 40.8 Å². The highest BCUT2D eigenvalue weighted by molar-refractivity contribution is 6.35. The van der Waals surface area contributed by atoms with Gasteiger partial charge in [0.25, 0.3) is 0 Å². The fraction of sp³-hybridized carbons (Fsp3) is 0.381. The van der Waals surface area contributed by atoms with Crippen LogP contribution in [0.25, 0.3) is 11.0 Å². The number of H-pyrrole nitrogens is 1. The highest BCUT2D eigenvalue weighted by Gasteiger charge is 2.38. The van der Waals surface area contributed by atoms with Crippen molar-refractivity contribution in [1.82, 2.24) is 29.6 Å². The number of hydrogen-bond donors (Lipinski definition) is 4. The number of aromatic nitrogens is 5. The standard InChI is InChI=1S/C21H25ClN8O3/c1-4-16(32)30-7-12(14(9-30)18(23)11(2)31)10-33-20-17-15(22)6-24-19(17)27-21(28-20)26-13-5-25-29(3)8-13/h4-6,8,11-12,14,23,31H,1,7,9-10H2,2-3H3,(H2,24,26,27,28)/t11-,12+,14?/m0/s1. The van der Waals surface area contributed by atoms with Crippen molar-refractivity contribution in [2.75, 3.05) is 25.0 Å². The number of carbonyl (C=O) groups is 1. The van der Waals surface area contributed by atoms with Crippen LogP contribution in [0.1, 0.15) is 6.92 Å². The predicted molar refractivity (Wildman–Crippen MR) is 124 cm³/mol. The van der Waals surface area contributed by atoms with E-state index in [9.17, 15) is 9.90 Å². The number of aromatic amines is 1. The van der Waals surface area contributed by atoms with Gasteiger partial charge < -0.3 is 30.5 Å². The van der Waals surface area contributed by atoms with Crippen LogP contribution in [0.15, 0.2) is 31.2 Å². The van der Waals surface area contributed by atoms with E-state index < -0.39 is 6.10 Å². The van der Waals surface area contributed by atoms with E-state index in [2.05, 4.69) is 31.9 Å². The third kappa shape index (κ3) is 4.69. The van der Waals surface area contributed by atoms with Gasteiger partial charge in [-0.25, -0.2) is 0 Å². The quantitative estimate of drug-likeness (QED) is 0.290. The van der Waals surface area contributed by atoms with Crippen LogP contribution in [0.3, 0.4) is 0 Å². The van der Waals surface area contributed by atoms with Crippen LogP contribution in [0.5, 0.6) is 5.88 Å². The van der Waals surface area contributed by atoms with Crippen molar-refractivity contribution >= 4 is 45.9 Å². The summed E-state index contributed by atoms with van der Waals surface area (Å²) in [6, 6.07) is 0. The van der Waals surface area contributed by atoms with E-state index in [4.69, 9.17) is 21.7 Å². The summed E-state index contributed by atoms with van der Waals surface area (Å²) >= 11 is 6.34. The Labute approximate surface area is 194 Å². The van der Waals surface area contributed by atoms with Gasteiger partial charge in [-0.15, -0.1) is 0 Å². The summed E-state index contributed by atoms with van der Waals surface area (Å²) < 4.78 is 7.74. The number of ether oxygens (including phenoxy) is 1. The smallest absolute Gasteiger partial charge is 0.245 e. The molecule has 33 heavy (non-hydrogen) atoms. The Balaban J connectivity index is 1.59. The molecule has 174 valence electrons. The largest absolute Gasteiger partial charge is 0.477 e. The van der Waals surface area contributed by atoms with Gasteiger partial charge in [-0.05, 0) is 13.0 Å². The molecule has 4 heterocycles. The molecule has 0 saturated carbocycles. The monoisotopic (exact) mass is 472 g/mol. The molecule has 0 radical (unpaired) electrons. The summed E-state index contributed by atoms with van der Waals surface area (Å²) in [4.78, 5) is 25.7. The highest BCUT2D eigenvalue weighted by Crippen LogP contribution is 2.33. The van der Waals surface area contributed by atoms with E-state index in [0.717, 1.165) is 0 Å². The number of rotatable bonds is 8. The molecule has 4 rings (SSSR count). The minimum atomic E-state index is -0.920. The van der Waals surface area contributed by atoms with E-state index >= 15 is 0 Å². The summed E-state index contributed by atoms with van der Waals surface area (Å²) in [7, 11) is 1.80. The Kier molecular flexibility index (Phi) is 6.34. The second kappa shape index (κ2) is 9.20. The van der Waals surface area contributed by atoms with Crippen LogP contribution >= 0.6 is 11.6 Å². The van der Waals surface area contributed by atoms with E-state index in [1.807, 2.05) is 0 Å². The van der Waals surface area contributed by atoms with Crippen LogP contribution in [-0.2, 0) is 11.8 Å². The zero-order valence-electron chi connectivity index (χ0n) is 18.2. The number of fused-ring (bicyclic) bond motifs is 1. The van der Waals surface area contributed by atoms with Gasteiger partial charge in [0, 0.05) is 50.1 Å². The van der Waals surface area contributed by atoms with Crippen LogP contribution in [0.4, 0.5) is 11.6 Å². The number of aliphatic hydroxyl groups is 1. The summed E-state index contributed by atoms with van der Waals surface area (Å²) in [6.45, 7) is 5.95. The Morgan fingerprint density at radius 1 is 1.52 bits per heavy atom.